The summed E-state index contributed by atoms with van der Waals surface area (Å²) in [5.41, 5.74) is 5.06. The van der Waals surface area contributed by atoms with Crippen LogP contribution in [0.2, 0.25) is 0 Å². The Bertz CT molecular complexity index is 367. The van der Waals surface area contributed by atoms with E-state index in [-0.39, 0.29) is 0 Å². The number of ether oxygens (including phenoxy) is 1. The molecule has 1 aromatic carbocycles. The lowest BCUT2D eigenvalue weighted by molar-refractivity contribution is -0.147. The highest BCUT2D eigenvalue weighted by Gasteiger charge is 2.35. The number of nitrogens with two attached hydrogens (primary N) is 1. The SMILES string of the molecule is CCC(N)(C(=O)OC)c1cccc(F)c1. The van der Waals surface area contributed by atoms with Gasteiger partial charge in [-0.1, -0.05) is 19.1 Å². The zero-order valence-electron chi connectivity index (χ0n) is 8.79. The van der Waals surface area contributed by atoms with Gasteiger partial charge in [-0.2, -0.15) is 0 Å². The summed E-state index contributed by atoms with van der Waals surface area (Å²) in [6, 6.07) is 5.69. The first kappa shape index (κ1) is 11.7. The summed E-state index contributed by atoms with van der Waals surface area (Å²) in [4.78, 5) is 11.5. The lowest BCUT2D eigenvalue weighted by atomic mass is 9.88. The van der Waals surface area contributed by atoms with Crippen LogP contribution in [0.3, 0.4) is 0 Å². The molecule has 82 valence electrons. The summed E-state index contributed by atoms with van der Waals surface area (Å²) < 4.78 is 17.6. The third kappa shape index (κ3) is 2.15. The fourth-order valence-corrected chi connectivity index (χ4v) is 1.41. The van der Waals surface area contributed by atoms with Crippen LogP contribution in [-0.4, -0.2) is 13.1 Å². The van der Waals surface area contributed by atoms with Crippen molar-refractivity contribution in [2.75, 3.05) is 7.11 Å². The second-order valence-electron chi connectivity index (χ2n) is 3.33. The molecule has 0 radical (unpaired) electrons. The van der Waals surface area contributed by atoms with Crippen molar-refractivity contribution in [1.29, 1.82) is 0 Å². The highest BCUT2D eigenvalue weighted by Crippen LogP contribution is 2.24. The molecule has 0 aliphatic rings. The largest absolute Gasteiger partial charge is 0.467 e. The number of carbonyl (C=O) groups excluding carboxylic acids is 1. The zero-order chi connectivity index (χ0) is 11.5. The van der Waals surface area contributed by atoms with Crippen molar-refractivity contribution in [3.8, 4) is 0 Å². The molecule has 0 fully saturated rings. The summed E-state index contributed by atoms with van der Waals surface area (Å²) in [6.07, 6.45) is 0.350. The topological polar surface area (TPSA) is 52.3 Å². The maximum Gasteiger partial charge on any atom is 0.330 e. The average Bonchev–Trinajstić information content (AvgIpc) is 2.26. The van der Waals surface area contributed by atoms with Gasteiger partial charge >= 0.3 is 5.97 Å². The lowest BCUT2D eigenvalue weighted by Gasteiger charge is -2.25. The van der Waals surface area contributed by atoms with E-state index in [1.807, 2.05) is 0 Å². The molecule has 4 heteroatoms. The van der Waals surface area contributed by atoms with Crippen molar-refractivity contribution in [2.24, 2.45) is 5.73 Å². The van der Waals surface area contributed by atoms with Gasteiger partial charge in [-0.15, -0.1) is 0 Å². The molecule has 0 spiro atoms. The number of hydrogen-bond donors (Lipinski definition) is 1. The van der Waals surface area contributed by atoms with Gasteiger partial charge in [-0.25, -0.2) is 9.18 Å². The summed E-state index contributed by atoms with van der Waals surface area (Å²) in [6.45, 7) is 1.75. The van der Waals surface area contributed by atoms with Gasteiger partial charge in [0.05, 0.1) is 7.11 Å². The van der Waals surface area contributed by atoms with Crippen LogP contribution in [0.4, 0.5) is 4.39 Å². The van der Waals surface area contributed by atoms with Gasteiger partial charge in [-0.05, 0) is 24.1 Å². The fraction of sp³-hybridized carbons (Fsp3) is 0.364. The molecule has 1 atom stereocenters. The van der Waals surface area contributed by atoms with Crippen molar-refractivity contribution in [3.05, 3.63) is 35.6 Å². The maximum absolute atomic E-state index is 13.0. The molecule has 1 aromatic rings. The van der Waals surface area contributed by atoms with Gasteiger partial charge in [0.2, 0.25) is 0 Å². The van der Waals surface area contributed by atoms with E-state index >= 15 is 0 Å². The minimum Gasteiger partial charge on any atom is -0.467 e. The second-order valence-corrected chi connectivity index (χ2v) is 3.33. The highest BCUT2D eigenvalue weighted by atomic mass is 19.1. The van der Waals surface area contributed by atoms with Crippen molar-refractivity contribution >= 4 is 5.97 Å². The Hall–Kier alpha value is -1.42. The van der Waals surface area contributed by atoms with Gasteiger partial charge in [-0.3, -0.25) is 0 Å². The van der Waals surface area contributed by atoms with E-state index in [4.69, 9.17) is 5.73 Å². The third-order valence-corrected chi connectivity index (χ3v) is 2.45. The van der Waals surface area contributed by atoms with Gasteiger partial charge in [0.25, 0.3) is 0 Å². The van der Waals surface area contributed by atoms with E-state index < -0.39 is 17.3 Å². The molecule has 0 bridgehead atoms. The average molecular weight is 211 g/mol. The van der Waals surface area contributed by atoms with Crippen LogP contribution in [0.25, 0.3) is 0 Å². The molecule has 2 N–H and O–H groups in total. The van der Waals surface area contributed by atoms with E-state index in [0.717, 1.165) is 0 Å². The fourth-order valence-electron chi connectivity index (χ4n) is 1.41. The molecule has 1 unspecified atom stereocenters. The Morgan fingerprint density at radius 2 is 2.27 bits per heavy atom. The van der Waals surface area contributed by atoms with Crippen LogP contribution in [0.15, 0.2) is 24.3 Å². The lowest BCUT2D eigenvalue weighted by Crippen LogP contribution is -2.45. The smallest absolute Gasteiger partial charge is 0.330 e. The standard InChI is InChI=1S/C11H14FNO2/c1-3-11(13,10(14)15-2)8-5-4-6-9(12)7-8/h4-7H,3,13H2,1-2H3. The molecule has 0 aliphatic carbocycles. The number of esters is 1. The number of methoxy groups -OCH3 is 1. The zero-order valence-corrected chi connectivity index (χ0v) is 8.79. The Morgan fingerprint density at radius 3 is 2.73 bits per heavy atom. The van der Waals surface area contributed by atoms with E-state index in [1.165, 1.54) is 25.3 Å². The van der Waals surface area contributed by atoms with Crippen LogP contribution in [0.1, 0.15) is 18.9 Å². The first-order chi connectivity index (χ1) is 7.04. The molecule has 0 heterocycles. The molecule has 0 aromatic heterocycles. The maximum atomic E-state index is 13.0. The Balaban J connectivity index is 3.16. The minimum absolute atomic E-state index is 0.350. The molecule has 0 saturated heterocycles. The molecule has 15 heavy (non-hydrogen) atoms. The molecule has 0 amide bonds. The Kier molecular flexibility index (Phi) is 3.42. The molecular formula is C11H14FNO2. The van der Waals surface area contributed by atoms with Crippen molar-refractivity contribution in [3.63, 3.8) is 0 Å². The number of rotatable bonds is 3. The van der Waals surface area contributed by atoms with E-state index in [2.05, 4.69) is 4.74 Å². The second kappa shape index (κ2) is 4.40. The number of benzene rings is 1. The van der Waals surface area contributed by atoms with Crippen molar-refractivity contribution in [2.45, 2.75) is 18.9 Å². The van der Waals surface area contributed by atoms with Gasteiger partial charge < -0.3 is 10.5 Å². The van der Waals surface area contributed by atoms with Crippen LogP contribution < -0.4 is 5.73 Å². The first-order valence-electron chi connectivity index (χ1n) is 4.68. The molecule has 1 rings (SSSR count). The van der Waals surface area contributed by atoms with Crippen LogP contribution in [-0.2, 0) is 15.1 Å². The normalized spacial score (nSPS) is 14.4. The molecule has 3 nitrogen and oxygen atoms in total. The predicted octanol–water partition coefficient (Wildman–Crippen LogP) is 1.56. The quantitative estimate of drug-likeness (QED) is 0.772. The Labute approximate surface area is 88.0 Å². The van der Waals surface area contributed by atoms with E-state index in [0.29, 0.717) is 12.0 Å². The minimum atomic E-state index is -1.27. The monoisotopic (exact) mass is 211 g/mol. The number of hydrogen-bond acceptors (Lipinski definition) is 3. The summed E-state index contributed by atoms with van der Waals surface area (Å²) in [5.74, 6) is -0.977. The van der Waals surface area contributed by atoms with Crippen molar-refractivity contribution in [1.82, 2.24) is 0 Å². The molecular weight excluding hydrogens is 197 g/mol. The summed E-state index contributed by atoms with van der Waals surface area (Å²) in [5, 5.41) is 0. The van der Waals surface area contributed by atoms with Gasteiger partial charge in [0.15, 0.2) is 0 Å². The predicted molar refractivity (Wildman–Crippen MR) is 54.6 cm³/mol. The van der Waals surface area contributed by atoms with Crippen LogP contribution in [0.5, 0.6) is 0 Å². The van der Waals surface area contributed by atoms with Gasteiger partial charge in [0.1, 0.15) is 11.4 Å². The summed E-state index contributed by atoms with van der Waals surface area (Å²) in [7, 11) is 1.26. The van der Waals surface area contributed by atoms with Crippen LogP contribution in [0, 0.1) is 5.82 Å². The summed E-state index contributed by atoms with van der Waals surface area (Å²) >= 11 is 0. The Morgan fingerprint density at radius 1 is 1.60 bits per heavy atom. The highest BCUT2D eigenvalue weighted by molar-refractivity contribution is 5.82. The number of halogens is 1. The first-order valence-corrected chi connectivity index (χ1v) is 4.68. The van der Waals surface area contributed by atoms with Gasteiger partial charge in [0, 0.05) is 0 Å². The van der Waals surface area contributed by atoms with Crippen molar-refractivity contribution < 1.29 is 13.9 Å². The van der Waals surface area contributed by atoms with E-state index in [9.17, 15) is 9.18 Å². The molecule has 0 saturated carbocycles. The molecule has 0 aliphatic heterocycles. The third-order valence-electron chi connectivity index (χ3n) is 2.45. The van der Waals surface area contributed by atoms with E-state index in [1.54, 1.807) is 13.0 Å². The number of carbonyl (C=O) groups is 1. The van der Waals surface area contributed by atoms with Crippen LogP contribution >= 0.6 is 0 Å².